The minimum absolute atomic E-state index is 0.0690. The van der Waals surface area contributed by atoms with Crippen LogP contribution in [-0.4, -0.2) is 44.7 Å². The fourth-order valence-corrected chi connectivity index (χ4v) is 2.06. The van der Waals surface area contributed by atoms with Crippen LogP contribution in [0.1, 0.15) is 0 Å². The number of likely N-dealkylation sites (N-methyl/N-ethyl adjacent to an activating group) is 1. The van der Waals surface area contributed by atoms with E-state index in [4.69, 9.17) is 9.47 Å². The van der Waals surface area contributed by atoms with E-state index in [1.165, 1.54) is 0 Å². The van der Waals surface area contributed by atoms with Crippen LogP contribution in [0.25, 0.3) is 0 Å². The number of carbonyl (C=O) groups excluding carboxylic acids is 1. The van der Waals surface area contributed by atoms with Crippen LogP contribution in [0.4, 0.5) is 5.69 Å². The molecule has 0 unspecified atom stereocenters. The number of rotatable bonds is 8. The molecule has 5 nitrogen and oxygen atoms in total. The Hall–Kier alpha value is -2.53. The van der Waals surface area contributed by atoms with Gasteiger partial charge in [0.2, 0.25) is 5.91 Å². The monoisotopic (exact) mass is 314 g/mol. The molecule has 1 amide bonds. The second kappa shape index (κ2) is 8.80. The zero-order valence-electron chi connectivity index (χ0n) is 13.5. The normalized spacial score (nSPS) is 10.4. The van der Waals surface area contributed by atoms with Gasteiger partial charge in [-0.2, -0.15) is 0 Å². The summed E-state index contributed by atoms with van der Waals surface area (Å²) in [5.41, 5.74) is 0.725. The lowest BCUT2D eigenvalue weighted by atomic mass is 10.3. The van der Waals surface area contributed by atoms with Crippen LogP contribution in [0.15, 0.2) is 54.6 Å². The van der Waals surface area contributed by atoms with Gasteiger partial charge in [0.25, 0.3) is 0 Å². The molecule has 1 N–H and O–H groups in total. The predicted octanol–water partition coefficient (Wildman–Crippen LogP) is 2.64. The maximum atomic E-state index is 12.0. The van der Waals surface area contributed by atoms with E-state index in [1.54, 1.807) is 13.2 Å². The molecule has 0 aliphatic rings. The largest absolute Gasteiger partial charge is 0.497 e. The molecule has 23 heavy (non-hydrogen) atoms. The molecule has 5 heteroatoms. The first kappa shape index (κ1) is 16.8. The first-order valence-corrected chi connectivity index (χ1v) is 7.47. The zero-order valence-corrected chi connectivity index (χ0v) is 13.5. The van der Waals surface area contributed by atoms with Crippen molar-refractivity contribution in [1.29, 1.82) is 0 Å². The number of hydrogen-bond acceptors (Lipinski definition) is 4. The maximum Gasteiger partial charge on any atom is 0.238 e. The van der Waals surface area contributed by atoms with Crippen molar-refractivity contribution in [2.75, 3.05) is 39.2 Å². The second-order valence-corrected chi connectivity index (χ2v) is 5.18. The second-order valence-electron chi connectivity index (χ2n) is 5.18. The highest BCUT2D eigenvalue weighted by atomic mass is 16.5. The molecule has 0 spiro atoms. The number of carbonyl (C=O) groups is 1. The van der Waals surface area contributed by atoms with Crippen molar-refractivity contribution in [3.63, 3.8) is 0 Å². The number of methoxy groups -OCH3 is 1. The van der Waals surface area contributed by atoms with Gasteiger partial charge < -0.3 is 14.8 Å². The molecule has 0 saturated heterocycles. The lowest BCUT2D eigenvalue weighted by molar-refractivity contribution is -0.117. The summed E-state index contributed by atoms with van der Waals surface area (Å²) in [5, 5.41) is 2.85. The van der Waals surface area contributed by atoms with Gasteiger partial charge in [0, 0.05) is 18.3 Å². The molecule has 0 fully saturated rings. The Balaban J connectivity index is 1.71. The molecule has 0 aromatic heterocycles. The van der Waals surface area contributed by atoms with Gasteiger partial charge in [-0.3, -0.25) is 9.69 Å². The fraction of sp³-hybridized carbons (Fsp3) is 0.278. The number of para-hydroxylation sites is 1. The van der Waals surface area contributed by atoms with Crippen LogP contribution < -0.4 is 14.8 Å². The number of benzene rings is 2. The highest BCUT2D eigenvalue weighted by Gasteiger charge is 2.07. The summed E-state index contributed by atoms with van der Waals surface area (Å²) in [5.74, 6) is 1.48. The third kappa shape index (κ3) is 6.00. The molecule has 2 rings (SSSR count). The molecule has 122 valence electrons. The van der Waals surface area contributed by atoms with E-state index < -0.39 is 0 Å². The maximum absolute atomic E-state index is 12.0. The first-order chi connectivity index (χ1) is 11.2. The quantitative estimate of drug-likeness (QED) is 0.814. The summed E-state index contributed by atoms with van der Waals surface area (Å²) in [6.45, 7) is 1.50. The zero-order chi connectivity index (χ0) is 16.5. The Labute approximate surface area is 136 Å². The molecule has 0 aliphatic heterocycles. The van der Waals surface area contributed by atoms with Crippen LogP contribution in [0.2, 0.25) is 0 Å². The van der Waals surface area contributed by atoms with Crippen molar-refractivity contribution < 1.29 is 14.3 Å². The van der Waals surface area contributed by atoms with Gasteiger partial charge in [0.1, 0.15) is 18.1 Å². The Morgan fingerprint density at radius 3 is 2.57 bits per heavy atom. The van der Waals surface area contributed by atoms with Crippen molar-refractivity contribution in [2.24, 2.45) is 0 Å². The number of nitrogens with zero attached hydrogens (tertiary/aromatic N) is 1. The lowest BCUT2D eigenvalue weighted by Gasteiger charge is -2.16. The Morgan fingerprint density at radius 2 is 1.83 bits per heavy atom. The van der Waals surface area contributed by atoms with Crippen molar-refractivity contribution in [2.45, 2.75) is 0 Å². The van der Waals surface area contributed by atoms with E-state index in [1.807, 2.05) is 60.5 Å². The molecule has 0 atom stereocenters. The molecular formula is C18H22N2O3. The van der Waals surface area contributed by atoms with Gasteiger partial charge in [0.15, 0.2) is 0 Å². The van der Waals surface area contributed by atoms with Gasteiger partial charge in [0.05, 0.1) is 13.7 Å². The Kier molecular flexibility index (Phi) is 6.44. The molecular weight excluding hydrogens is 292 g/mol. The molecule has 0 saturated carbocycles. The highest BCUT2D eigenvalue weighted by molar-refractivity contribution is 5.92. The number of nitrogens with one attached hydrogen (secondary N) is 1. The minimum atomic E-state index is -0.0690. The fourth-order valence-electron chi connectivity index (χ4n) is 2.06. The van der Waals surface area contributed by atoms with Crippen LogP contribution in [-0.2, 0) is 4.79 Å². The van der Waals surface area contributed by atoms with Gasteiger partial charge in [-0.25, -0.2) is 0 Å². The SMILES string of the molecule is COc1cccc(NC(=O)CN(C)CCOc2ccccc2)c1. The molecule has 2 aromatic rings. The van der Waals surface area contributed by atoms with Gasteiger partial charge in [-0.05, 0) is 31.3 Å². The van der Waals surface area contributed by atoms with Gasteiger partial charge >= 0.3 is 0 Å². The Morgan fingerprint density at radius 1 is 1.09 bits per heavy atom. The molecule has 0 radical (unpaired) electrons. The van der Waals surface area contributed by atoms with Gasteiger partial charge in [-0.15, -0.1) is 0 Å². The highest BCUT2D eigenvalue weighted by Crippen LogP contribution is 2.16. The first-order valence-electron chi connectivity index (χ1n) is 7.47. The Bertz CT molecular complexity index is 617. The summed E-state index contributed by atoms with van der Waals surface area (Å²) in [7, 11) is 3.49. The van der Waals surface area contributed by atoms with E-state index in [2.05, 4.69) is 5.32 Å². The van der Waals surface area contributed by atoms with E-state index in [-0.39, 0.29) is 5.91 Å². The third-order valence-corrected chi connectivity index (χ3v) is 3.25. The number of hydrogen-bond donors (Lipinski definition) is 1. The third-order valence-electron chi connectivity index (χ3n) is 3.25. The molecule has 0 heterocycles. The summed E-state index contributed by atoms with van der Waals surface area (Å²) in [6.07, 6.45) is 0. The summed E-state index contributed by atoms with van der Waals surface area (Å²) < 4.78 is 10.8. The number of anilines is 1. The standard InChI is InChI=1S/C18H22N2O3/c1-20(11-12-23-16-8-4-3-5-9-16)14-18(21)19-15-7-6-10-17(13-15)22-2/h3-10,13H,11-12,14H2,1-2H3,(H,19,21). The van der Waals surface area contributed by atoms with Crippen molar-refractivity contribution >= 4 is 11.6 Å². The average Bonchev–Trinajstić information content (AvgIpc) is 2.56. The number of ether oxygens (including phenoxy) is 2. The van der Waals surface area contributed by atoms with Crippen LogP contribution in [0, 0.1) is 0 Å². The lowest BCUT2D eigenvalue weighted by Crippen LogP contribution is -2.33. The van der Waals surface area contributed by atoms with Crippen LogP contribution >= 0.6 is 0 Å². The van der Waals surface area contributed by atoms with Crippen LogP contribution in [0.5, 0.6) is 11.5 Å². The predicted molar refractivity (Wildman–Crippen MR) is 91.1 cm³/mol. The summed E-state index contributed by atoms with van der Waals surface area (Å²) in [6, 6.07) is 16.9. The van der Waals surface area contributed by atoms with E-state index in [0.29, 0.717) is 25.4 Å². The van der Waals surface area contributed by atoms with E-state index in [0.717, 1.165) is 11.4 Å². The molecule has 0 aliphatic carbocycles. The summed E-state index contributed by atoms with van der Waals surface area (Å²) >= 11 is 0. The average molecular weight is 314 g/mol. The van der Waals surface area contributed by atoms with Crippen molar-refractivity contribution in [3.05, 3.63) is 54.6 Å². The number of amides is 1. The smallest absolute Gasteiger partial charge is 0.238 e. The van der Waals surface area contributed by atoms with Gasteiger partial charge in [-0.1, -0.05) is 24.3 Å². The van der Waals surface area contributed by atoms with E-state index in [9.17, 15) is 4.79 Å². The summed E-state index contributed by atoms with van der Waals surface area (Å²) in [4.78, 5) is 13.9. The molecule has 0 bridgehead atoms. The van der Waals surface area contributed by atoms with Crippen molar-refractivity contribution in [1.82, 2.24) is 4.90 Å². The minimum Gasteiger partial charge on any atom is -0.497 e. The molecule has 2 aromatic carbocycles. The van der Waals surface area contributed by atoms with E-state index >= 15 is 0 Å². The van der Waals surface area contributed by atoms with Crippen LogP contribution in [0.3, 0.4) is 0 Å². The van der Waals surface area contributed by atoms with Crippen molar-refractivity contribution in [3.8, 4) is 11.5 Å². The topological polar surface area (TPSA) is 50.8 Å².